The molecule has 2 aliphatic rings. The predicted octanol–water partition coefficient (Wildman–Crippen LogP) is 3.85. The van der Waals surface area contributed by atoms with Gasteiger partial charge in [0.15, 0.2) is 5.78 Å². The van der Waals surface area contributed by atoms with Gasteiger partial charge in [0.05, 0.1) is 18.2 Å². The summed E-state index contributed by atoms with van der Waals surface area (Å²) in [6.07, 6.45) is -4.49. The van der Waals surface area contributed by atoms with E-state index in [1.54, 1.807) is 7.05 Å². The number of alkyl halides is 6. The molecule has 16 heteroatoms. The molecule has 0 bridgehead atoms. The van der Waals surface area contributed by atoms with E-state index in [1.807, 2.05) is 0 Å². The normalized spacial score (nSPS) is 19.2. The van der Waals surface area contributed by atoms with Crippen molar-refractivity contribution in [1.82, 2.24) is 19.0 Å². The molecule has 2 aromatic rings. The first-order valence-corrected chi connectivity index (χ1v) is 13.5. The Labute approximate surface area is 228 Å². The molecule has 1 aliphatic carbocycles. The number of benzene rings is 1. The first kappa shape index (κ1) is 31.3. The van der Waals surface area contributed by atoms with Crippen LogP contribution in [-0.4, -0.2) is 64.9 Å². The van der Waals surface area contributed by atoms with Crippen LogP contribution in [0.2, 0.25) is 0 Å². The zero-order chi connectivity index (χ0) is 27.9. The van der Waals surface area contributed by atoms with E-state index in [2.05, 4.69) is 10.00 Å². The zero-order valence-corrected chi connectivity index (χ0v) is 22.6. The van der Waals surface area contributed by atoms with Crippen LogP contribution < -0.4 is 3.97 Å². The van der Waals surface area contributed by atoms with E-state index in [-0.39, 0.29) is 44.4 Å². The Morgan fingerprint density at radius 1 is 1.03 bits per heavy atom. The van der Waals surface area contributed by atoms with Crippen molar-refractivity contribution in [2.45, 2.75) is 56.4 Å². The lowest BCUT2D eigenvalue weighted by molar-refractivity contribution is -0.517. The van der Waals surface area contributed by atoms with Gasteiger partial charge in [-0.1, -0.05) is 18.9 Å². The van der Waals surface area contributed by atoms with Crippen molar-refractivity contribution < 1.29 is 43.5 Å². The Morgan fingerprint density at radius 2 is 1.64 bits per heavy atom. The van der Waals surface area contributed by atoms with Gasteiger partial charge in [0, 0.05) is 48.8 Å². The van der Waals surface area contributed by atoms with E-state index in [4.69, 9.17) is 0 Å². The molecule has 0 unspecified atom stereocenters. The second kappa shape index (κ2) is 11.3. The largest absolute Gasteiger partial charge is 0.417 e. The summed E-state index contributed by atoms with van der Waals surface area (Å²) >= 11 is 0. The van der Waals surface area contributed by atoms with Crippen molar-refractivity contribution >= 4 is 28.4 Å². The first-order chi connectivity index (χ1) is 17.6. The summed E-state index contributed by atoms with van der Waals surface area (Å²) in [7, 11) is -2.21. The van der Waals surface area contributed by atoms with Gasteiger partial charge in [-0.05, 0) is 31.4 Å². The van der Waals surface area contributed by atoms with Gasteiger partial charge in [-0.25, -0.2) is 0 Å². The van der Waals surface area contributed by atoms with Crippen molar-refractivity contribution in [1.29, 1.82) is 0 Å². The fourth-order valence-corrected chi connectivity index (χ4v) is 6.75. The van der Waals surface area contributed by atoms with E-state index < -0.39 is 50.6 Å². The Balaban J connectivity index is 0.00000420. The zero-order valence-electron chi connectivity index (χ0n) is 21.0. The van der Waals surface area contributed by atoms with Crippen LogP contribution in [0.4, 0.5) is 26.3 Å². The van der Waals surface area contributed by atoms with Gasteiger partial charge in [0.25, 0.3) is 6.33 Å². The van der Waals surface area contributed by atoms with Crippen LogP contribution in [0.15, 0.2) is 30.9 Å². The lowest BCUT2D eigenvalue weighted by atomic mass is 9.86. The highest BCUT2D eigenvalue weighted by atomic mass is 35.5. The smallest absolute Gasteiger partial charge is 0.295 e. The number of Topliss-reactive ketones (excluding diaryl/α,β-unsaturated/α-hetero) is 1. The molecule has 0 atom stereocenters. The van der Waals surface area contributed by atoms with Gasteiger partial charge in [0.2, 0.25) is 6.33 Å². The molecule has 0 radical (unpaired) electrons. The second-order valence-corrected chi connectivity index (χ2v) is 11.6. The molecule has 1 saturated heterocycles. The quantitative estimate of drug-likeness (QED) is 0.273. The third kappa shape index (κ3) is 6.57. The minimum atomic E-state index is -5.12. The number of carbonyl (C=O) groups excluding carboxylic acids is 1. The van der Waals surface area contributed by atoms with Crippen LogP contribution in [-0.2, 0) is 29.6 Å². The van der Waals surface area contributed by atoms with Gasteiger partial charge in [-0.15, -0.1) is 21.1 Å². The molecule has 1 aliphatic heterocycles. The number of aromatic nitrogens is 3. The third-order valence-corrected chi connectivity index (χ3v) is 9.17. The van der Waals surface area contributed by atoms with E-state index in [9.17, 15) is 39.6 Å². The van der Waals surface area contributed by atoms with Crippen molar-refractivity contribution in [2.24, 2.45) is 7.05 Å². The summed E-state index contributed by atoms with van der Waals surface area (Å²) < 4.78 is 109. The second-order valence-electron chi connectivity index (χ2n) is 9.75. The molecule has 2 fully saturated rings. The molecular weight excluding hydrogens is 576 g/mol. The summed E-state index contributed by atoms with van der Waals surface area (Å²) in [6.45, 7) is 1.14. The standard InChI is InChI=1S/C23H28F6N5O3S.ClH/c1-31-16-34(15-30-31)38(36,37)33-12-10-32(11-13-33)21(7-2-3-8-21)9-6-20(35)18-5-4-17(22(24,25)26)14-19(18)23(27,28)29;/h4-5,14-16H,2-3,6-13H2,1H3;1H/q+1;. The molecule has 0 spiro atoms. The van der Waals surface area contributed by atoms with Crippen LogP contribution >= 0.6 is 12.4 Å². The van der Waals surface area contributed by atoms with Crippen LogP contribution in [0.25, 0.3) is 0 Å². The maximum absolute atomic E-state index is 13.6. The summed E-state index contributed by atoms with van der Waals surface area (Å²) in [6, 6.07) is 1.08. The van der Waals surface area contributed by atoms with Crippen LogP contribution in [0.3, 0.4) is 0 Å². The fourth-order valence-electron chi connectivity index (χ4n) is 5.44. The molecule has 8 nitrogen and oxygen atoms in total. The maximum atomic E-state index is 13.6. The number of halogens is 7. The molecule has 1 aromatic heterocycles. The first-order valence-electron chi connectivity index (χ1n) is 12.1. The number of carbonyl (C=O) groups is 1. The number of rotatable bonds is 7. The summed E-state index contributed by atoms with van der Waals surface area (Å²) in [5.41, 5.74) is -4.32. The predicted molar refractivity (Wildman–Crippen MR) is 129 cm³/mol. The van der Waals surface area contributed by atoms with Gasteiger partial charge in [-0.2, -0.15) is 39.1 Å². The lowest BCUT2D eigenvalue weighted by Crippen LogP contribution is -2.61. The molecule has 0 amide bonds. The number of piperazine rings is 1. The number of hydrogen-bond acceptors (Lipinski definition) is 5. The third-order valence-electron chi connectivity index (χ3n) is 7.44. The number of nitrogens with zero attached hydrogens (tertiary/aromatic N) is 5. The summed E-state index contributed by atoms with van der Waals surface area (Å²) in [5, 5.41) is 3.88. The van der Waals surface area contributed by atoms with E-state index in [0.29, 0.717) is 38.1 Å². The highest BCUT2D eigenvalue weighted by Gasteiger charge is 2.44. The van der Waals surface area contributed by atoms with E-state index >= 15 is 0 Å². The summed E-state index contributed by atoms with van der Waals surface area (Å²) in [4.78, 5) is 15.0. The Morgan fingerprint density at radius 3 is 2.15 bits per heavy atom. The molecule has 1 saturated carbocycles. The van der Waals surface area contributed by atoms with Gasteiger partial charge >= 0.3 is 22.6 Å². The average molecular weight is 605 g/mol. The van der Waals surface area contributed by atoms with Crippen molar-refractivity contribution in [3.8, 4) is 0 Å². The molecule has 1 aromatic carbocycles. The van der Waals surface area contributed by atoms with Gasteiger partial charge < -0.3 is 0 Å². The maximum Gasteiger partial charge on any atom is 0.417 e. The number of hydrogen-bond donors (Lipinski definition) is 0. The summed E-state index contributed by atoms with van der Waals surface area (Å²) in [5.74, 6) is -0.869. The highest BCUT2D eigenvalue weighted by Crippen LogP contribution is 2.41. The van der Waals surface area contributed by atoms with Crippen LogP contribution in [0.1, 0.15) is 60.0 Å². The highest BCUT2D eigenvalue weighted by molar-refractivity contribution is 7.82. The molecule has 0 N–H and O–H groups in total. The topological polar surface area (TPSA) is 79.4 Å². The van der Waals surface area contributed by atoms with E-state index in [1.165, 1.54) is 21.6 Å². The Hall–Kier alpha value is -2.23. The average Bonchev–Trinajstić information content (AvgIpc) is 3.51. The van der Waals surface area contributed by atoms with Crippen molar-refractivity contribution in [3.05, 3.63) is 47.5 Å². The molecule has 39 heavy (non-hydrogen) atoms. The molecule has 218 valence electrons. The van der Waals surface area contributed by atoms with Gasteiger partial charge in [0.1, 0.15) is 0 Å². The van der Waals surface area contributed by atoms with Gasteiger partial charge in [-0.3, -0.25) is 9.69 Å². The van der Waals surface area contributed by atoms with Crippen LogP contribution in [0, 0.1) is 0 Å². The molecule has 2 heterocycles. The fraction of sp³-hybridized carbons (Fsp3) is 0.609. The number of ketones is 1. The SMILES string of the molecule is Cl.Cn1c[n+](S(=O)(=O)N2CCN(C3(CCC(=O)c4ccc(C(F)(F)F)cc4C(F)(F)F)CCCC3)CC2)cn1. The minimum Gasteiger partial charge on any atom is -0.295 e. The number of aryl methyl sites for hydroxylation is 1. The van der Waals surface area contributed by atoms with E-state index in [0.717, 1.165) is 16.8 Å². The molecule has 4 rings (SSSR count). The Bertz CT molecular complexity index is 1280. The van der Waals surface area contributed by atoms with Crippen molar-refractivity contribution in [2.75, 3.05) is 26.2 Å². The van der Waals surface area contributed by atoms with Crippen molar-refractivity contribution in [3.63, 3.8) is 0 Å². The van der Waals surface area contributed by atoms with Crippen LogP contribution in [0.5, 0.6) is 0 Å². The molecular formula is C23H29ClF6N5O3S+. The monoisotopic (exact) mass is 604 g/mol. The Kier molecular flexibility index (Phi) is 9.10. The minimum absolute atomic E-state index is 0. The lowest BCUT2D eigenvalue weighted by Gasteiger charge is -2.45.